The van der Waals surface area contributed by atoms with Gasteiger partial charge >= 0.3 is 19.8 Å². The van der Waals surface area contributed by atoms with E-state index in [1.54, 1.807) is 6.92 Å². The maximum Gasteiger partial charge on any atom is 0.472 e. The molecule has 0 radical (unpaired) electrons. The van der Waals surface area contributed by atoms with Crippen molar-refractivity contribution >= 4 is 25.7 Å². The van der Waals surface area contributed by atoms with Crippen LogP contribution >= 0.6 is 7.82 Å². The molecular weight excluding hydrogens is 565 g/mol. The van der Waals surface area contributed by atoms with E-state index in [9.17, 15) is 34.1 Å². The molecule has 0 aromatic rings. The molecule has 0 fully saturated rings. The number of carboxylic acids is 1. The summed E-state index contributed by atoms with van der Waals surface area (Å²) in [5.74, 6) is -2.52. The summed E-state index contributed by atoms with van der Waals surface area (Å²) < 4.78 is 26.0. The maximum absolute atomic E-state index is 12.1. The highest BCUT2D eigenvalue weighted by molar-refractivity contribution is 7.47. The number of carbonyl (C=O) groups is 3. The normalized spacial score (nSPS) is 15.0. The largest absolute Gasteiger partial charge is 0.480 e. The third-order valence-electron chi connectivity index (χ3n) is 5.59. The molecule has 0 saturated carbocycles. The Balaban J connectivity index is 4.13. The summed E-state index contributed by atoms with van der Waals surface area (Å²) in [6.45, 7) is 2.03. The molecule has 0 spiro atoms. The molecular formula is C30H50NO10P. The van der Waals surface area contributed by atoms with Gasteiger partial charge in [-0.3, -0.25) is 18.6 Å². The van der Waals surface area contributed by atoms with Gasteiger partial charge in [-0.15, -0.1) is 0 Å². The molecule has 0 saturated heterocycles. The fourth-order valence-corrected chi connectivity index (χ4v) is 4.05. The molecule has 240 valence electrons. The first-order valence-electron chi connectivity index (χ1n) is 14.7. The van der Waals surface area contributed by atoms with Crippen molar-refractivity contribution in [2.24, 2.45) is 0 Å². The highest BCUT2D eigenvalue weighted by atomic mass is 31.2. The van der Waals surface area contributed by atoms with Crippen LogP contribution in [0.3, 0.4) is 0 Å². The molecule has 0 aromatic heterocycles. The van der Waals surface area contributed by atoms with Gasteiger partial charge in [-0.1, -0.05) is 75.3 Å². The van der Waals surface area contributed by atoms with Crippen molar-refractivity contribution in [1.82, 2.24) is 5.32 Å². The van der Waals surface area contributed by atoms with Crippen LogP contribution in [0.1, 0.15) is 90.9 Å². The summed E-state index contributed by atoms with van der Waals surface area (Å²) in [5.41, 5.74) is 0. The number of ether oxygens (including phenoxy) is 1. The second kappa shape index (κ2) is 26.1. The molecule has 42 heavy (non-hydrogen) atoms. The second-order valence-electron chi connectivity index (χ2n) is 9.59. The number of allylic oxidation sites excluding steroid dienone is 8. The zero-order chi connectivity index (χ0) is 31.5. The van der Waals surface area contributed by atoms with Crippen molar-refractivity contribution in [3.05, 3.63) is 48.6 Å². The predicted molar refractivity (Wildman–Crippen MR) is 162 cm³/mol. The summed E-state index contributed by atoms with van der Waals surface area (Å²) >= 11 is 0. The number of phosphoric acid groups is 1. The Morgan fingerprint density at radius 2 is 1.31 bits per heavy atom. The van der Waals surface area contributed by atoms with Crippen LogP contribution in [-0.4, -0.2) is 64.9 Å². The van der Waals surface area contributed by atoms with Gasteiger partial charge in [0.25, 0.3) is 0 Å². The molecule has 0 heterocycles. The van der Waals surface area contributed by atoms with Crippen molar-refractivity contribution in [3.8, 4) is 0 Å². The number of carboxylic acid groups (broad SMARTS) is 1. The van der Waals surface area contributed by atoms with E-state index >= 15 is 0 Å². The molecule has 0 aromatic carbocycles. The Labute approximate surface area is 250 Å². The number of nitrogens with one attached hydrogen (secondary N) is 1. The Hall–Kier alpha value is -2.56. The average molecular weight is 616 g/mol. The highest BCUT2D eigenvalue weighted by Gasteiger charge is 2.28. The summed E-state index contributed by atoms with van der Waals surface area (Å²) in [6.07, 6.45) is 24.9. The fraction of sp³-hybridized carbons (Fsp3) is 0.633. The first kappa shape index (κ1) is 39.4. The summed E-state index contributed by atoms with van der Waals surface area (Å²) in [5, 5.41) is 21.3. The third-order valence-corrected chi connectivity index (χ3v) is 6.54. The van der Waals surface area contributed by atoms with Crippen LogP contribution in [0.2, 0.25) is 0 Å². The van der Waals surface area contributed by atoms with Crippen molar-refractivity contribution < 1.29 is 47.8 Å². The number of hydrogen-bond acceptors (Lipinski definition) is 8. The van der Waals surface area contributed by atoms with Crippen LogP contribution in [-0.2, 0) is 32.7 Å². The molecule has 0 aliphatic carbocycles. The van der Waals surface area contributed by atoms with Crippen LogP contribution in [0.15, 0.2) is 48.6 Å². The van der Waals surface area contributed by atoms with E-state index in [0.29, 0.717) is 19.3 Å². The zero-order valence-corrected chi connectivity index (χ0v) is 25.9. The molecule has 3 atom stereocenters. The lowest BCUT2D eigenvalue weighted by molar-refractivity contribution is -0.147. The van der Waals surface area contributed by atoms with E-state index in [1.165, 1.54) is 19.3 Å². The Morgan fingerprint density at radius 1 is 0.762 bits per heavy atom. The first-order chi connectivity index (χ1) is 20.1. The lowest BCUT2D eigenvalue weighted by Crippen LogP contribution is -2.43. The standard InChI is InChI=1S/C30H50NO10P/c1-3-5-6-7-8-9-10-11-12-13-14-15-16-17-18-19-20-22-28(33)31-27(30(35)36)25-41-42(37,38)40-24-26(32)23-39-29(34)21-4-2/h8-9,11-12,14-15,17-18,26-27,32H,3-7,10,13,16,19-25H2,1-2H3,(H,31,33)(H,35,36)(H,37,38)/b9-8-,12-11-,15-14-,18-17-. The predicted octanol–water partition coefficient (Wildman–Crippen LogP) is 5.54. The van der Waals surface area contributed by atoms with Gasteiger partial charge in [-0.2, -0.15) is 0 Å². The fourth-order valence-electron chi connectivity index (χ4n) is 3.28. The quantitative estimate of drug-likeness (QED) is 0.0420. The van der Waals surface area contributed by atoms with E-state index in [-0.39, 0.29) is 12.8 Å². The van der Waals surface area contributed by atoms with Gasteiger partial charge in [0.15, 0.2) is 6.04 Å². The highest BCUT2D eigenvalue weighted by Crippen LogP contribution is 2.43. The lowest BCUT2D eigenvalue weighted by atomic mass is 10.2. The molecule has 0 aliphatic rings. The first-order valence-corrected chi connectivity index (χ1v) is 16.2. The van der Waals surface area contributed by atoms with Crippen LogP contribution in [0, 0.1) is 0 Å². The number of esters is 1. The summed E-state index contributed by atoms with van der Waals surface area (Å²) in [4.78, 5) is 44.6. The number of rotatable bonds is 26. The minimum absolute atomic E-state index is 0.0675. The number of aliphatic hydroxyl groups excluding tert-OH is 1. The van der Waals surface area contributed by atoms with Gasteiger partial charge in [0, 0.05) is 12.8 Å². The van der Waals surface area contributed by atoms with Gasteiger partial charge in [-0.25, -0.2) is 9.36 Å². The van der Waals surface area contributed by atoms with Gasteiger partial charge in [0.1, 0.15) is 12.7 Å². The SMILES string of the molecule is CCCCC/C=C\C/C=C\C/C=C\C/C=C\CCCC(=O)NC(COP(=O)(O)OCC(O)COC(=O)CCC)C(=O)O. The monoisotopic (exact) mass is 615 g/mol. The minimum atomic E-state index is -4.74. The van der Waals surface area contributed by atoms with Crippen LogP contribution in [0.4, 0.5) is 0 Å². The summed E-state index contributed by atoms with van der Waals surface area (Å²) in [6, 6.07) is -1.57. The average Bonchev–Trinajstić information content (AvgIpc) is 2.94. The Kier molecular flexibility index (Phi) is 24.5. The van der Waals surface area contributed by atoms with Gasteiger partial charge in [0.2, 0.25) is 5.91 Å². The van der Waals surface area contributed by atoms with Crippen molar-refractivity contribution in [2.75, 3.05) is 19.8 Å². The number of hydrogen-bond donors (Lipinski definition) is 4. The van der Waals surface area contributed by atoms with E-state index in [0.717, 1.165) is 25.7 Å². The van der Waals surface area contributed by atoms with Crippen molar-refractivity contribution in [3.63, 3.8) is 0 Å². The molecule has 12 heteroatoms. The van der Waals surface area contributed by atoms with E-state index in [2.05, 4.69) is 57.7 Å². The van der Waals surface area contributed by atoms with E-state index in [4.69, 9.17) is 4.74 Å². The smallest absolute Gasteiger partial charge is 0.472 e. The number of amides is 1. The molecule has 1 amide bonds. The van der Waals surface area contributed by atoms with Gasteiger partial charge < -0.3 is 25.2 Å². The second-order valence-corrected chi connectivity index (χ2v) is 11.0. The van der Waals surface area contributed by atoms with Crippen molar-refractivity contribution in [2.45, 2.75) is 103 Å². The molecule has 3 unspecified atom stereocenters. The van der Waals surface area contributed by atoms with E-state index < -0.39 is 57.6 Å². The number of aliphatic hydroxyl groups is 1. The third kappa shape index (κ3) is 25.2. The lowest BCUT2D eigenvalue weighted by Gasteiger charge is -2.18. The number of carbonyl (C=O) groups excluding carboxylic acids is 2. The topological polar surface area (TPSA) is 169 Å². The molecule has 11 nitrogen and oxygen atoms in total. The molecule has 4 N–H and O–H groups in total. The zero-order valence-electron chi connectivity index (χ0n) is 25.0. The minimum Gasteiger partial charge on any atom is -0.480 e. The van der Waals surface area contributed by atoms with Gasteiger partial charge in [-0.05, 0) is 51.4 Å². The van der Waals surface area contributed by atoms with Crippen LogP contribution in [0.5, 0.6) is 0 Å². The van der Waals surface area contributed by atoms with Crippen LogP contribution in [0.25, 0.3) is 0 Å². The Morgan fingerprint density at radius 3 is 1.86 bits per heavy atom. The number of phosphoric ester groups is 1. The molecule has 0 rings (SSSR count). The van der Waals surface area contributed by atoms with E-state index in [1.807, 2.05) is 12.2 Å². The van der Waals surface area contributed by atoms with Gasteiger partial charge in [0.05, 0.1) is 13.2 Å². The number of unbranched alkanes of at least 4 members (excludes halogenated alkanes) is 4. The molecule has 0 bridgehead atoms. The number of aliphatic carboxylic acids is 1. The van der Waals surface area contributed by atoms with Crippen molar-refractivity contribution in [1.29, 1.82) is 0 Å². The Bertz CT molecular complexity index is 916. The maximum atomic E-state index is 12.1. The molecule has 0 aliphatic heterocycles. The summed E-state index contributed by atoms with van der Waals surface area (Å²) in [7, 11) is -4.74. The van der Waals surface area contributed by atoms with Crippen LogP contribution < -0.4 is 5.32 Å².